The van der Waals surface area contributed by atoms with E-state index in [0.29, 0.717) is 11.8 Å². The molecule has 1 aliphatic heterocycles. The lowest BCUT2D eigenvalue weighted by Crippen LogP contribution is -2.74. The average Bonchev–Trinajstić information content (AvgIpc) is 3.46. The van der Waals surface area contributed by atoms with Crippen molar-refractivity contribution < 1.29 is 97.2 Å². The number of hydrogen-bond acceptors (Lipinski definition) is 4. The molecule has 2 N–H and O–H groups in total. The van der Waals surface area contributed by atoms with Crippen molar-refractivity contribution in [1.29, 1.82) is 0 Å². The van der Waals surface area contributed by atoms with Gasteiger partial charge in [-0.1, -0.05) is 0 Å². The van der Waals surface area contributed by atoms with Crippen molar-refractivity contribution in [2.75, 3.05) is 0 Å². The predicted octanol–water partition coefficient (Wildman–Crippen LogP) is 5.21. The second-order valence-electron chi connectivity index (χ2n) is 8.75. The Morgan fingerprint density at radius 3 is 1.15 bits per heavy atom. The van der Waals surface area contributed by atoms with E-state index in [4.69, 9.17) is 4.55 Å². The number of rotatable bonds is 7. The SMILES string of the molecule is O=C1NC(=O)C2=C1C1CCC2C1.O=S(=O)(O)C(F)(F)C(F)(F)C(F)(F)C(F)(F)C(F)(F)C(F)(F)C(F)(F)C(F)(F)F. The molecule has 0 aromatic carbocycles. The van der Waals surface area contributed by atoms with Crippen molar-refractivity contribution in [2.24, 2.45) is 11.8 Å². The molecule has 1 saturated carbocycles. The van der Waals surface area contributed by atoms with Gasteiger partial charge in [-0.2, -0.15) is 83.1 Å². The van der Waals surface area contributed by atoms with Gasteiger partial charge in [0.2, 0.25) is 0 Å². The molecule has 0 spiro atoms. The van der Waals surface area contributed by atoms with E-state index in [1.165, 1.54) is 0 Å². The highest BCUT2D eigenvalue weighted by Crippen LogP contribution is 2.64. The summed E-state index contributed by atoms with van der Waals surface area (Å²) < 4.78 is 242. The molecule has 0 saturated heterocycles. The maximum Gasteiger partial charge on any atom is 0.460 e. The highest BCUT2D eigenvalue weighted by atomic mass is 32.2. The number of carbonyl (C=O) groups is 2. The normalized spacial score (nSPS) is 23.0. The molecule has 2 amide bonds. The molecular weight excluding hydrogens is 653 g/mol. The second-order valence-corrected chi connectivity index (χ2v) is 10.2. The fraction of sp³-hybridized carbons (Fsp3) is 0.765. The van der Waals surface area contributed by atoms with E-state index in [-0.39, 0.29) is 11.8 Å². The Balaban J connectivity index is 0.000000394. The summed E-state index contributed by atoms with van der Waals surface area (Å²) in [7, 11) is -7.89. The van der Waals surface area contributed by atoms with Crippen LogP contribution in [0.4, 0.5) is 74.6 Å². The van der Waals surface area contributed by atoms with Crippen LogP contribution in [-0.4, -0.2) is 71.8 Å². The lowest BCUT2D eigenvalue weighted by atomic mass is 9.91. The van der Waals surface area contributed by atoms with Crippen molar-refractivity contribution in [3.63, 3.8) is 0 Å². The molecule has 41 heavy (non-hydrogen) atoms. The van der Waals surface area contributed by atoms with Crippen LogP contribution in [-0.2, 0) is 19.7 Å². The molecule has 1 fully saturated rings. The summed E-state index contributed by atoms with van der Waals surface area (Å²) >= 11 is 0. The number of amides is 2. The molecule has 6 nitrogen and oxygen atoms in total. The van der Waals surface area contributed by atoms with Crippen LogP contribution in [0.3, 0.4) is 0 Å². The van der Waals surface area contributed by atoms with Crippen LogP contribution < -0.4 is 5.32 Å². The minimum absolute atomic E-state index is 0.123. The first-order chi connectivity index (χ1) is 17.8. The standard InChI is InChI=1S/C9H9NO2.C8HF17O3S/c11-8-6-4-1-2-5(3-4)7(6)9(12)10-8;9-1(10,3(13,14)5(17,18)7(21,22)23)2(11,12)4(15,16)6(19,20)8(24,25)29(26,27)28/h4-5H,1-3H2,(H,10,11,12);(H,26,27,28). The molecule has 2 bridgehead atoms. The third-order valence-corrected chi connectivity index (χ3v) is 7.18. The molecule has 0 aromatic heterocycles. The first kappa shape index (κ1) is 34.8. The largest absolute Gasteiger partial charge is 0.460 e. The molecular formula is C17H10F17NO5S. The van der Waals surface area contributed by atoms with E-state index in [1.807, 2.05) is 0 Å². The first-order valence-electron chi connectivity index (χ1n) is 10.1. The third-order valence-electron chi connectivity index (χ3n) is 6.27. The zero-order valence-electron chi connectivity index (χ0n) is 18.7. The minimum Gasteiger partial charge on any atom is -0.289 e. The molecule has 3 aliphatic rings. The van der Waals surface area contributed by atoms with Gasteiger partial charge in [-0.15, -0.1) is 0 Å². The van der Waals surface area contributed by atoms with Crippen molar-refractivity contribution in [3.8, 4) is 0 Å². The Kier molecular flexibility index (Phi) is 7.89. The molecule has 3 rings (SSSR count). The van der Waals surface area contributed by atoms with Gasteiger partial charge in [-0.25, -0.2) is 0 Å². The maximum atomic E-state index is 13.0. The molecule has 2 atom stereocenters. The predicted molar refractivity (Wildman–Crippen MR) is 93.2 cm³/mol. The van der Waals surface area contributed by atoms with E-state index in [9.17, 15) is 92.6 Å². The van der Waals surface area contributed by atoms with E-state index in [1.54, 1.807) is 0 Å². The summed E-state index contributed by atoms with van der Waals surface area (Å²) in [6.07, 6.45) is -4.63. The number of alkyl halides is 17. The zero-order valence-corrected chi connectivity index (χ0v) is 19.5. The minimum atomic E-state index is -8.89. The van der Waals surface area contributed by atoms with Crippen LogP contribution in [0.1, 0.15) is 19.3 Å². The van der Waals surface area contributed by atoms with Crippen molar-refractivity contribution in [3.05, 3.63) is 11.1 Å². The summed E-state index contributed by atoms with van der Waals surface area (Å²) in [4.78, 5) is 22.5. The van der Waals surface area contributed by atoms with Crippen LogP contribution in [0.25, 0.3) is 0 Å². The van der Waals surface area contributed by atoms with Gasteiger partial charge in [-0.05, 0) is 31.1 Å². The molecule has 2 unspecified atom stereocenters. The Morgan fingerprint density at radius 1 is 0.561 bits per heavy atom. The monoisotopic (exact) mass is 663 g/mol. The number of hydrogen-bond donors (Lipinski definition) is 2. The number of carbonyl (C=O) groups excluding carboxylic acids is 2. The van der Waals surface area contributed by atoms with Crippen molar-refractivity contribution in [1.82, 2.24) is 5.32 Å². The average molecular weight is 663 g/mol. The third kappa shape index (κ3) is 4.53. The highest BCUT2D eigenvalue weighted by Gasteiger charge is 2.96. The topological polar surface area (TPSA) is 101 Å². The van der Waals surface area contributed by atoms with Gasteiger partial charge in [0.15, 0.2) is 0 Å². The lowest BCUT2D eigenvalue weighted by Gasteiger charge is -2.42. The lowest BCUT2D eigenvalue weighted by molar-refractivity contribution is -0.458. The Bertz CT molecular complexity index is 1220. The molecule has 1 heterocycles. The van der Waals surface area contributed by atoms with Gasteiger partial charge < -0.3 is 0 Å². The molecule has 24 heteroatoms. The Labute approximate surface area is 214 Å². The number of fused-ring (bicyclic) bond motifs is 4. The maximum absolute atomic E-state index is 13.0. The quantitative estimate of drug-likeness (QED) is 0.222. The summed E-state index contributed by atoms with van der Waals surface area (Å²) in [5.41, 5.74) is 1.63. The fourth-order valence-corrected chi connectivity index (χ4v) is 4.56. The summed E-state index contributed by atoms with van der Waals surface area (Å²) in [5, 5.41) is -5.47. The van der Waals surface area contributed by atoms with Gasteiger partial charge in [0, 0.05) is 11.1 Å². The van der Waals surface area contributed by atoms with Gasteiger partial charge in [0.25, 0.3) is 11.8 Å². The van der Waals surface area contributed by atoms with Crippen LogP contribution in [0, 0.1) is 11.8 Å². The zero-order chi connectivity index (χ0) is 32.8. The van der Waals surface area contributed by atoms with Crippen LogP contribution in [0.15, 0.2) is 11.1 Å². The van der Waals surface area contributed by atoms with Crippen molar-refractivity contribution in [2.45, 2.75) is 66.2 Å². The van der Waals surface area contributed by atoms with E-state index >= 15 is 0 Å². The summed E-state index contributed by atoms with van der Waals surface area (Å²) in [6.45, 7) is 0. The fourth-order valence-electron chi connectivity index (χ4n) is 4.11. The van der Waals surface area contributed by atoms with E-state index in [0.717, 1.165) is 30.4 Å². The molecule has 2 aliphatic carbocycles. The number of halogens is 17. The summed E-state index contributed by atoms with van der Waals surface area (Å²) in [6, 6.07) is 0. The second kappa shape index (κ2) is 9.30. The van der Waals surface area contributed by atoms with Gasteiger partial charge in [-0.3, -0.25) is 19.5 Å². The first-order valence-corrected chi connectivity index (χ1v) is 11.5. The number of imide groups is 1. The van der Waals surface area contributed by atoms with E-state index in [2.05, 4.69) is 5.32 Å². The Hall–Kier alpha value is -2.40. The Morgan fingerprint density at radius 2 is 0.854 bits per heavy atom. The van der Waals surface area contributed by atoms with Gasteiger partial charge in [0.05, 0.1) is 0 Å². The van der Waals surface area contributed by atoms with Gasteiger partial charge >= 0.3 is 57.1 Å². The number of nitrogens with one attached hydrogen (secondary N) is 1. The van der Waals surface area contributed by atoms with E-state index < -0.39 is 57.1 Å². The van der Waals surface area contributed by atoms with Crippen LogP contribution >= 0.6 is 0 Å². The van der Waals surface area contributed by atoms with Gasteiger partial charge in [0.1, 0.15) is 0 Å². The van der Waals surface area contributed by atoms with Crippen LogP contribution in [0.2, 0.25) is 0 Å². The molecule has 0 aromatic rings. The van der Waals surface area contributed by atoms with Crippen molar-refractivity contribution >= 4 is 21.9 Å². The summed E-state index contributed by atoms with van der Waals surface area (Å²) in [5.74, 6) is -51.4. The molecule has 0 radical (unpaired) electrons. The smallest absolute Gasteiger partial charge is 0.289 e. The van der Waals surface area contributed by atoms with Crippen LogP contribution in [0.5, 0.6) is 0 Å². The highest BCUT2D eigenvalue weighted by molar-refractivity contribution is 7.87. The molecule has 238 valence electrons.